The fourth-order valence-corrected chi connectivity index (χ4v) is 3.31. The first-order chi connectivity index (χ1) is 9.89. The van der Waals surface area contributed by atoms with Crippen molar-refractivity contribution < 1.29 is 9.59 Å². The number of hydrogen-bond acceptors (Lipinski definition) is 3. The van der Waals surface area contributed by atoms with Gasteiger partial charge in [-0.05, 0) is 25.7 Å². The van der Waals surface area contributed by atoms with Gasteiger partial charge in [-0.15, -0.1) is 0 Å². The molecule has 120 valence electrons. The van der Waals surface area contributed by atoms with Crippen LogP contribution in [0.2, 0.25) is 0 Å². The Hall–Kier alpha value is -1.10. The third-order valence-corrected chi connectivity index (χ3v) is 4.82. The van der Waals surface area contributed by atoms with E-state index >= 15 is 0 Å². The Morgan fingerprint density at radius 2 is 1.81 bits per heavy atom. The van der Waals surface area contributed by atoms with Gasteiger partial charge in [-0.3, -0.25) is 9.59 Å². The van der Waals surface area contributed by atoms with E-state index in [4.69, 9.17) is 5.73 Å². The van der Waals surface area contributed by atoms with Gasteiger partial charge in [0, 0.05) is 37.0 Å². The topological polar surface area (TPSA) is 75.4 Å². The summed E-state index contributed by atoms with van der Waals surface area (Å²) in [7, 11) is 0. The van der Waals surface area contributed by atoms with E-state index in [1.165, 1.54) is 0 Å². The van der Waals surface area contributed by atoms with Gasteiger partial charge in [0.1, 0.15) is 0 Å². The summed E-state index contributed by atoms with van der Waals surface area (Å²) in [5.41, 5.74) is 6.02. The molecule has 2 rings (SSSR count). The monoisotopic (exact) mass is 295 g/mol. The first-order valence-electron chi connectivity index (χ1n) is 8.27. The molecule has 0 aromatic carbocycles. The summed E-state index contributed by atoms with van der Waals surface area (Å²) < 4.78 is 0. The standard InChI is InChI=1S/C16H29N3O2/c1-12(2)15(21)18-13-5-9-19(10-6-13)14(20)11-16(17)7-3-4-8-16/h12-13H,3-11,17H2,1-2H3,(H,18,21). The van der Waals surface area contributed by atoms with Crippen molar-refractivity contribution in [3.63, 3.8) is 0 Å². The molecule has 0 aromatic rings. The number of carbonyl (C=O) groups is 2. The zero-order valence-corrected chi connectivity index (χ0v) is 13.4. The lowest BCUT2D eigenvalue weighted by Gasteiger charge is -2.34. The van der Waals surface area contributed by atoms with E-state index < -0.39 is 0 Å². The van der Waals surface area contributed by atoms with Crippen molar-refractivity contribution in [2.75, 3.05) is 13.1 Å². The number of hydrogen-bond donors (Lipinski definition) is 2. The maximum absolute atomic E-state index is 12.4. The minimum atomic E-state index is -0.264. The smallest absolute Gasteiger partial charge is 0.224 e. The van der Waals surface area contributed by atoms with Gasteiger partial charge in [0.2, 0.25) is 11.8 Å². The third-order valence-electron chi connectivity index (χ3n) is 4.82. The molecule has 0 atom stereocenters. The maximum atomic E-state index is 12.4. The Morgan fingerprint density at radius 1 is 1.24 bits per heavy atom. The summed E-state index contributed by atoms with van der Waals surface area (Å²) in [4.78, 5) is 26.0. The molecule has 1 aliphatic heterocycles. The van der Waals surface area contributed by atoms with Gasteiger partial charge in [-0.2, -0.15) is 0 Å². The van der Waals surface area contributed by atoms with Gasteiger partial charge in [-0.1, -0.05) is 26.7 Å². The number of nitrogens with zero attached hydrogens (tertiary/aromatic N) is 1. The minimum absolute atomic E-state index is 0.0177. The first kappa shape index (κ1) is 16.3. The molecule has 1 heterocycles. The van der Waals surface area contributed by atoms with Crippen LogP contribution in [0.3, 0.4) is 0 Å². The van der Waals surface area contributed by atoms with E-state index in [0.717, 1.165) is 51.6 Å². The number of nitrogens with one attached hydrogen (secondary N) is 1. The first-order valence-corrected chi connectivity index (χ1v) is 8.27. The largest absolute Gasteiger partial charge is 0.353 e. The van der Waals surface area contributed by atoms with E-state index in [1.807, 2.05) is 18.7 Å². The second-order valence-corrected chi connectivity index (χ2v) is 7.06. The fourth-order valence-electron chi connectivity index (χ4n) is 3.31. The molecule has 1 saturated heterocycles. The van der Waals surface area contributed by atoms with Crippen LogP contribution in [0.25, 0.3) is 0 Å². The zero-order chi connectivity index (χ0) is 15.5. The Morgan fingerprint density at radius 3 is 2.33 bits per heavy atom. The molecule has 5 nitrogen and oxygen atoms in total. The normalized spacial score (nSPS) is 22.6. The predicted molar refractivity (Wildman–Crippen MR) is 82.6 cm³/mol. The SMILES string of the molecule is CC(C)C(=O)NC1CCN(C(=O)CC2(N)CCCC2)CC1. The van der Waals surface area contributed by atoms with Crippen LogP contribution in [0.15, 0.2) is 0 Å². The highest BCUT2D eigenvalue weighted by molar-refractivity contribution is 5.79. The molecule has 2 amide bonds. The summed E-state index contributed by atoms with van der Waals surface area (Å²) in [5, 5.41) is 3.06. The molecule has 2 fully saturated rings. The van der Waals surface area contributed by atoms with Crippen LogP contribution in [0, 0.1) is 5.92 Å². The van der Waals surface area contributed by atoms with Crippen LogP contribution >= 0.6 is 0 Å². The van der Waals surface area contributed by atoms with Crippen LogP contribution in [0.5, 0.6) is 0 Å². The van der Waals surface area contributed by atoms with Crippen molar-refractivity contribution in [1.82, 2.24) is 10.2 Å². The molecular weight excluding hydrogens is 266 g/mol. The number of rotatable bonds is 4. The number of nitrogens with two attached hydrogens (primary N) is 1. The Bertz CT molecular complexity index is 381. The number of likely N-dealkylation sites (tertiary alicyclic amines) is 1. The van der Waals surface area contributed by atoms with Gasteiger partial charge in [0.05, 0.1) is 0 Å². The summed E-state index contributed by atoms with van der Waals surface area (Å²) in [6.07, 6.45) is 6.42. The average Bonchev–Trinajstić information content (AvgIpc) is 2.85. The molecule has 0 aromatic heterocycles. The molecule has 3 N–H and O–H groups in total. The van der Waals surface area contributed by atoms with Crippen molar-refractivity contribution in [2.45, 2.75) is 70.4 Å². The van der Waals surface area contributed by atoms with Crippen LogP contribution in [0.1, 0.15) is 58.8 Å². The van der Waals surface area contributed by atoms with Crippen molar-refractivity contribution in [2.24, 2.45) is 11.7 Å². The van der Waals surface area contributed by atoms with Gasteiger partial charge in [0.25, 0.3) is 0 Å². The fraction of sp³-hybridized carbons (Fsp3) is 0.875. The van der Waals surface area contributed by atoms with Gasteiger partial charge in [-0.25, -0.2) is 0 Å². The van der Waals surface area contributed by atoms with E-state index in [2.05, 4.69) is 5.32 Å². The second kappa shape index (κ2) is 6.77. The number of carbonyl (C=O) groups excluding carboxylic acids is 2. The van der Waals surface area contributed by atoms with Crippen molar-refractivity contribution in [3.05, 3.63) is 0 Å². The molecule has 0 bridgehead atoms. The highest BCUT2D eigenvalue weighted by Gasteiger charge is 2.34. The molecule has 1 aliphatic carbocycles. The van der Waals surface area contributed by atoms with E-state index in [1.54, 1.807) is 0 Å². The lowest BCUT2D eigenvalue weighted by atomic mass is 9.93. The summed E-state index contributed by atoms with van der Waals surface area (Å²) in [6, 6.07) is 0.210. The van der Waals surface area contributed by atoms with Crippen LogP contribution in [-0.4, -0.2) is 41.4 Å². The molecule has 21 heavy (non-hydrogen) atoms. The molecule has 0 spiro atoms. The molecule has 5 heteroatoms. The van der Waals surface area contributed by atoms with Crippen molar-refractivity contribution in [3.8, 4) is 0 Å². The molecule has 0 unspecified atom stereocenters. The Labute approximate surface area is 127 Å². The molecule has 0 radical (unpaired) electrons. The van der Waals surface area contributed by atoms with Gasteiger partial charge >= 0.3 is 0 Å². The number of amides is 2. The predicted octanol–water partition coefficient (Wildman–Crippen LogP) is 1.41. The van der Waals surface area contributed by atoms with Gasteiger partial charge in [0.15, 0.2) is 0 Å². The Balaban J connectivity index is 1.75. The van der Waals surface area contributed by atoms with E-state index in [9.17, 15) is 9.59 Å². The molecule has 1 saturated carbocycles. The molecule has 2 aliphatic rings. The minimum Gasteiger partial charge on any atom is -0.353 e. The van der Waals surface area contributed by atoms with Crippen molar-refractivity contribution in [1.29, 1.82) is 0 Å². The Kier molecular flexibility index (Phi) is 5.25. The maximum Gasteiger partial charge on any atom is 0.224 e. The average molecular weight is 295 g/mol. The zero-order valence-electron chi connectivity index (χ0n) is 13.4. The lowest BCUT2D eigenvalue weighted by Crippen LogP contribution is -2.49. The van der Waals surface area contributed by atoms with Crippen LogP contribution in [-0.2, 0) is 9.59 Å². The quantitative estimate of drug-likeness (QED) is 0.823. The third kappa shape index (κ3) is 4.43. The summed E-state index contributed by atoms with van der Waals surface area (Å²) >= 11 is 0. The summed E-state index contributed by atoms with van der Waals surface area (Å²) in [6.45, 7) is 5.27. The second-order valence-electron chi connectivity index (χ2n) is 7.06. The number of piperidine rings is 1. The van der Waals surface area contributed by atoms with Gasteiger partial charge < -0.3 is 16.0 Å². The molecular formula is C16H29N3O2. The van der Waals surface area contributed by atoms with Crippen LogP contribution in [0.4, 0.5) is 0 Å². The summed E-state index contributed by atoms with van der Waals surface area (Å²) in [5.74, 6) is 0.309. The lowest BCUT2D eigenvalue weighted by molar-refractivity contribution is -0.133. The highest BCUT2D eigenvalue weighted by Crippen LogP contribution is 2.30. The van der Waals surface area contributed by atoms with Crippen molar-refractivity contribution >= 4 is 11.8 Å². The van der Waals surface area contributed by atoms with Crippen LogP contribution < -0.4 is 11.1 Å². The van der Waals surface area contributed by atoms with E-state index in [-0.39, 0.29) is 29.3 Å². The van der Waals surface area contributed by atoms with E-state index in [0.29, 0.717) is 6.42 Å². The highest BCUT2D eigenvalue weighted by atomic mass is 16.2.